The number of anilines is 4. The van der Waals surface area contributed by atoms with E-state index in [9.17, 15) is 4.79 Å². The van der Waals surface area contributed by atoms with Crippen LogP contribution in [-0.2, 0) is 0 Å². The maximum Gasteiger partial charge on any atom is 0.269 e. The van der Waals surface area contributed by atoms with Crippen LogP contribution in [0.5, 0.6) is 0 Å². The zero-order valence-electron chi connectivity index (χ0n) is 13.3. The first-order valence-electron chi connectivity index (χ1n) is 7.48. The molecule has 5 N–H and O–H groups in total. The van der Waals surface area contributed by atoms with E-state index in [1.54, 1.807) is 42.5 Å². The number of nitrogen functional groups attached to an aromatic ring is 1. The molecular weight excluding hydrogens is 375 g/mol. The number of nitrogens with two attached hydrogens (primary N) is 1. The van der Waals surface area contributed by atoms with Crippen molar-refractivity contribution in [3.8, 4) is 0 Å². The Kier molecular flexibility index (Phi) is 5.40. The van der Waals surface area contributed by atoms with Crippen molar-refractivity contribution in [2.45, 2.75) is 0 Å². The SMILES string of the molecule is Nc1c(NNC(=O)c2ccccc2)ncnc1Nc1cc(Cl)ccc1Cl. The zero-order chi connectivity index (χ0) is 18.5. The first kappa shape index (κ1) is 17.8. The average Bonchev–Trinajstić information content (AvgIpc) is 2.66. The van der Waals surface area contributed by atoms with Gasteiger partial charge in [-0.2, -0.15) is 0 Å². The van der Waals surface area contributed by atoms with Gasteiger partial charge in [-0.05, 0) is 30.3 Å². The molecule has 26 heavy (non-hydrogen) atoms. The molecule has 0 fully saturated rings. The molecule has 9 heteroatoms. The molecule has 1 heterocycles. The highest BCUT2D eigenvalue weighted by molar-refractivity contribution is 6.35. The molecule has 0 unspecified atom stereocenters. The number of benzene rings is 2. The Morgan fingerprint density at radius 1 is 1.00 bits per heavy atom. The van der Waals surface area contributed by atoms with Crippen LogP contribution in [-0.4, -0.2) is 15.9 Å². The quantitative estimate of drug-likeness (QED) is 0.494. The Hall–Kier alpha value is -3.03. The summed E-state index contributed by atoms with van der Waals surface area (Å²) < 4.78 is 0. The van der Waals surface area contributed by atoms with Crippen molar-refractivity contribution in [2.24, 2.45) is 0 Å². The van der Waals surface area contributed by atoms with Gasteiger partial charge in [0.2, 0.25) is 0 Å². The molecule has 132 valence electrons. The van der Waals surface area contributed by atoms with Crippen LogP contribution >= 0.6 is 23.2 Å². The van der Waals surface area contributed by atoms with Crippen molar-refractivity contribution in [3.05, 3.63) is 70.5 Å². The lowest BCUT2D eigenvalue weighted by atomic mass is 10.2. The first-order chi connectivity index (χ1) is 12.5. The molecule has 0 saturated carbocycles. The third-order valence-corrected chi connectivity index (χ3v) is 3.96. The van der Waals surface area contributed by atoms with Crippen LogP contribution in [0.2, 0.25) is 10.0 Å². The number of hydrogen-bond donors (Lipinski definition) is 4. The Bertz CT molecular complexity index is 936. The summed E-state index contributed by atoms with van der Waals surface area (Å²) >= 11 is 12.1. The van der Waals surface area contributed by atoms with Crippen LogP contribution in [0.4, 0.5) is 23.0 Å². The van der Waals surface area contributed by atoms with Gasteiger partial charge in [0, 0.05) is 10.6 Å². The summed E-state index contributed by atoms with van der Waals surface area (Å²) in [5.74, 6) is 0.238. The van der Waals surface area contributed by atoms with Crippen molar-refractivity contribution in [1.29, 1.82) is 0 Å². The lowest BCUT2D eigenvalue weighted by molar-refractivity contribution is 0.0962. The van der Waals surface area contributed by atoms with E-state index in [0.29, 0.717) is 27.1 Å². The standard InChI is InChI=1S/C17H14Cl2N6O/c18-11-6-7-12(19)13(8-11)23-15-14(20)16(22-9-21-15)24-25-17(26)10-4-2-1-3-5-10/h1-9H,20H2,(H,25,26)(H2,21,22,23,24). The number of hydrazine groups is 1. The summed E-state index contributed by atoms with van der Waals surface area (Å²) in [6, 6.07) is 13.7. The molecule has 0 radical (unpaired) electrons. The predicted molar refractivity (Wildman–Crippen MR) is 104 cm³/mol. The van der Waals surface area contributed by atoms with Crippen LogP contribution in [0.3, 0.4) is 0 Å². The van der Waals surface area contributed by atoms with E-state index in [2.05, 4.69) is 26.1 Å². The monoisotopic (exact) mass is 388 g/mol. The molecule has 0 aliphatic carbocycles. The van der Waals surface area contributed by atoms with E-state index in [1.807, 2.05) is 6.07 Å². The summed E-state index contributed by atoms with van der Waals surface area (Å²) in [5, 5.41) is 3.97. The second-order valence-corrected chi connectivity index (χ2v) is 6.02. The number of nitrogens with zero attached hydrogens (tertiary/aromatic N) is 2. The van der Waals surface area contributed by atoms with Crippen LogP contribution in [0.25, 0.3) is 0 Å². The minimum absolute atomic E-state index is 0.205. The normalized spacial score (nSPS) is 10.2. The van der Waals surface area contributed by atoms with Gasteiger partial charge in [-0.15, -0.1) is 0 Å². The van der Waals surface area contributed by atoms with E-state index < -0.39 is 0 Å². The van der Waals surface area contributed by atoms with Gasteiger partial charge < -0.3 is 11.1 Å². The van der Waals surface area contributed by atoms with E-state index in [-0.39, 0.29) is 17.4 Å². The van der Waals surface area contributed by atoms with E-state index in [0.717, 1.165) is 0 Å². The van der Waals surface area contributed by atoms with Gasteiger partial charge in [0.1, 0.15) is 12.0 Å². The molecule has 0 atom stereocenters. The summed E-state index contributed by atoms with van der Waals surface area (Å²) in [6.45, 7) is 0. The number of halogens is 2. The van der Waals surface area contributed by atoms with Gasteiger partial charge in [-0.1, -0.05) is 41.4 Å². The van der Waals surface area contributed by atoms with E-state index >= 15 is 0 Å². The largest absolute Gasteiger partial charge is 0.393 e. The van der Waals surface area contributed by atoms with Crippen LogP contribution in [0, 0.1) is 0 Å². The summed E-state index contributed by atoms with van der Waals surface area (Å²) in [4.78, 5) is 20.2. The van der Waals surface area contributed by atoms with Gasteiger partial charge in [0.05, 0.1) is 10.7 Å². The molecule has 0 aliphatic heterocycles. The zero-order valence-corrected chi connectivity index (χ0v) is 14.8. The van der Waals surface area contributed by atoms with Crippen LogP contribution in [0.15, 0.2) is 54.9 Å². The molecule has 3 aromatic rings. The number of carbonyl (C=O) groups excluding carboxylic acids is 1. The fraction of sp³-hybridized carbons (Fsp3) is 0. The third kappa shape index (κ3) is 4.14. The average molecular weight is 389 g/mol. The fourth-order valence-corrected chi connectivity index (χ4v) is 2.43. The number of carbonyl (C=O) groups is 1. The van der Waals surface area contributed by atoms with Crippen molar-refractivity contribution >= 4 is 52.1 Å². The number of aromatic nitrogens is 2. The third-order valence-electron chi connectivity index (χ3n) is 3.40. The summed E-state index contributed by atoms with van der Waals surface area (Å²) in [7, 11) is 0. The molecule has 0 saturated heterocycles. The molecular formula is C17H14Cl2N6O. The summed E-state index contributed by atoms with van der Waals surface area (Å²) in [5.41, 5.74) is 12.5. The van der Waals surface area contributed by atoms with Crippen LogP contribution in [0.1, 0.15) is 10.4 Å². The van der Waals surface area contributed by atoms with Crippen LogP contribution < -0.4 is 21.9 Å². The molecule has 7 nitrogen and oxygen atoms in total. The highest BCUT2D eigenvalue weighted by atomic mass is 35.5. The van der Waals surface area contributed by atoms with Crippen molar-refractivity contribution in [1.82, 2.24) is 15.4 Å². The Labute approximate surface area is 159 Å². The molecule has 0 spiro atoms. The number of nitrogens with one attached hydrogen (secondary N) is 3. The van der Waals surface area contributed by atoms with Gasteiger partial charge >= 0.3 is 0 Å². The molecule has 3 rings (SSSR count). The topological polar surface area (TPSA) is 105 Å². The lowest BCUT2D eigenvalue weighted by Gasteiger charge is -2.14. The lowest BCUT2D eigenvalue weighted by Crippen LogP contribution is -2.30. The Morgan fingerprint density at radius 3 is 2.50 bits per heavy atom. The highest BCUT2D eigenvalue weighted by Crippen LogP contribution is 2.31. The molecule has 0 aliphatic rings. The Morgan fingerprint density at radius 2 is 1.73 bits per heavy atom. The minimum atomic E-state index is -0.323. The van der Waals surface area contributed by atoms with Gasteiger partial charge in [0.25, 0.3) is 5.91 Å². The fourth-order valence-electron chi connectivity index (χ4n) is 2.09. The predicted octanol–water partition coefficient (Wildman–Crippen LogP) is 3.87. The molecule has 1 amide bonds. The second kappa shape index (κ2) is 7.90. The van der Waals surface area contributed by atoms with Gasteiger partial charge in [0.15, 0.2) is 11.6 Å². The second-order valence-electron chi connectivity index (χ2n) is 5.18. The molecule has 1 aromatic heterocycles. The van der Waals surface area contributed by atoms with Crippen molar-refractivity contribution < 1.29 is 4.79 Å². The Balaban J connectivity index is 1.75. The van der Waals surface area contributed by atoms with E-state index in [4.69, 9.17) is 28.9 Å². The van der Waals surface area contributed by atoms with E-state index in [1.165, 1.54) is 6.33 Å². The number of rotatable bonds is 5. The highest BCUT2D eigenvalue weighted by Gasteiger charge is 2.11. The van der Waals surface area contributed by atoms with Gasteiger partial charge in [-0.3, -0.25) is 15.6 Å². The minimum Gasteiger partial charge on any atom is -0.393 e. The number of amides is 1. The van der Waals surface area contributed by atoms with Gasteiger partial charge in [-0.25, -0.2) is 9.97 Å². The maximum absolute atomic E-state index is 12.1. The smallest absolute Gasteiger partial charge is 0.269 e. The molecule has 0 bridgehead atoms. The summed E-state index contributed by atoms with van der Waals surface area (Å²) in [6.07, 6.45) is 1.30. The van der Waals surface area contributed by atoms with Crippen molar-refractivity contribution in [3.63, 3.8) is 0 Å². The first-order valence-corrected chi connectivity index (χ1v) is 8.24. The number of hydrogen-bond acceptors (Lipinski definition) is 6. The molecule has 2 aromatic carbocycles. The van der Waals surface area contributed by atoms with Crippen molar-refractivity contribution in [2.75, 3.05) is 16.5 Å². The maximum atomic E-state index is 12.1.